The number of aryl methyl sites for hydroxylation is 1. The molecular weight excluding hydrogens is 172 g/mol. The van der Waals surface area contributed by atoms with E-state index < -0.39 is 0 Å². The molecule has 12 heavy (non-hydrogen) atoms. The van der Waals surface area contributed by atoms with E-state index in [1.807, 2.05) is 19.9 Å². The lowest BCUT2D eigenvalue weighted by atomic mass is 10.0. The molecule has 0 aliphatic carbocycles. The van der Waals surface area contributed by atoms with Crippen molar-refractivity contribution in [1.82, 2.24) is 4.98 Å². The maximum Gasteiger partial charge on any atom is 0.129 e. The maximum absolute atomic E-state index is 8.66. The van der Waals surface area contributed by atoms with Crippen molar-refractivity contribution in [3.63, 3.8) is 0 Å². The van der Waals surface area contributed by atoms with Crippen LogP contribution >= 0.6 is 11.6 Å². The van der Waals surface area contributed by atoms with E-state index in [9.17, 15) is 0 Å². The molecule has 0 saturated heterocycles. The van der Waals surface area contributed by atoms with E-state index in [0.29, 0.717) is 5.15 Å². The van der Waals surface area contributed by atoms with Crippen molar-refractivity contribution in [2.24, 2.45) is 0 Å². The zero-order valence-corrected chi connectivity index (χ0v) is 7.76. The van der Waals surface area contributed by atoms with Crippen LogP contribution in [0.25, 0.3) is 0 Å². The van der Waals surface area contributed by atoms with Crippen LogP contribution in [0, 0.1) is 18.3 Å². The van der Waals surface area contributed by atoms with Crippen LogP contribution in [0.5, 0.6) is 0 Å². The van der Waals surface area contributed by atoms with E-state index in [0.717, 1.165) is 11.3 Å². The minimum absolute atomic E-state index is 0.121. The van der Waals surface area contributed by atoms with Gasteiger partial charge in [0.1, 0.15) is 5.15 Å². The first-order valence-corrected chi connectivity index (χ1v) is 4.05. The molecule has 0 N–H and O–H groups in total. The number of halogens is 1. The van der Waals surface area contributed by atoms with E-state index in [1.165, 1.54) is 0 Å². The molecule has 0 aliphatic rings. The van der Waals surface area contributed by atoms with Gasteiger partial charge < -0.3 is 0 Å². The van der Waals surface area contributed by atoms with Crippen molar-refractivity contribution in [2.75, 3.05) is 0 Å². The summed E-state index contributed by atoms with van der Waals surface area (Å²) in [6, 6.07) is 5.75. The number of hydrogen-bond acceptors (Lipinski definition) is 2. The summed E-state index contributed by atoms with van der Waals surface area (Å²) in [5.74, 6) is -0.121. The fourth-order valence-electron chi connectivity index (χ4n) is 0.978. The largest absolute Gasteiger partial charge is 0.241 e. The SMILES string of the molecule is Cc1cc(C(C)C#N)cc(Cl)n1. The quantitative estimate of drug-likeness (QED) is 0.623. The number of nitrogens with zero attached hydrogens (tertiary/aromatic N) is 2. The molecule has 0 spiro atoms. The highest BCUT2D eigenvalue weighted by molar-refractivity contribution is 6.29. The Labute approximate surface area is 76.8 Å². The molecular formula is C9H9ClN2. The Hall–Kier alpha value is -1.07. The fraction of sp³-hybridized carbons (Fsp3) is 0.333. The number of rotatable bonds is 1. The van der Waals surface area contributed by atoms with Crippen molar-refractivity contribution in [3.05, 3.63) is 28.5 Å². The monoisotopic (exact) mass is 180 g/mol. The molecule has 0 saturated carbocycles. The maximum atomic E-state index is 8.66. The lowest BCUT2D eigenvalue weighted by molar-refractivity contribution is 0.966. The average molecular weight is 181 g/mol. The van der Waals surface area contributed by atoms with E-state index >= 15 is 0 Å². The van der Waals surface area contributed by atoms with Gasteiger partial charge in [0.2, 0.25) is 0 Å². The second kappa shape index (κ2) is 3.55. The lowest BCUT2D eigenvalue weighted by Gasteiger charge is -2.03. The van der Waals surface area contributed by atoms with E-state index in [-0.39, 0.29) is 5.92 Å². The minimum Gasteiger partial charge on any atom is -0.241 e. The molecule has 0 aliphatic heterocycles. The molecule has 62 valence electrons. The van der Waals surface area contributed by atoms with Crippen LogP contribution in [0.1, 0.15) is 24.1 Å². The molecule has 2 nitrogen and oxygen atoms in total. The molecule has 1 aromatic heterocycles. The molecule has 1 heterocycles. The summed E-state index contributed by atoms with van der Waals surface area (Å²) in [6.07, 6.45) is 0. The molecule has 1 unspecified atom stereocenters. The van der Waals surface area contributed by atoms with Crippen LogP contribution in [0.4, 0.5) is 0 Å². The van der Waals surface area contributed by atoms with Crippen LogP contribution in [0.15, 0.2) is 12.1 Å². The third-order valence-corrected chi connectivity index (χ3v) is 1.83. The smallest absolute Gasteiger partial charge is 0.129 e. The fourth-order valence-corrected chi connectivity index (χ4v) is 1.24. The number of pyridine rings is 1. The van der Waals surface area contributed by atoms with Gasteiger partial charge in [-0.25, -0.2) is 4.98 Å². The number of aromatic nitrogens is 1. The molecule has 0 bridgehead atoms. The summed E-state index contributed by atoms with van der Waals surface area (Å²) in [4.78, 5) is 4.01. The summed E-state index contributed by atoms with van der Waals surface area (Å²) in [7, 11) is 0. The Balaban J connectivity index is 3.10. The average Bonchev–Trinajstić information content (AvgIpc) is 2.01. The van der Waals surface area contributed by atoms with Gasteiger partial charge in [-0.2, -0.15) is 5.26 Å². The van der Waals surface area contributed by atoms with Gasteiger partial charge in [0.15, 0.2) is 0 Å². The van der Waals surface area contributed by atoms with Gasteiger partial charge in [-0.1, -0.05) is 11.6 Å². The summed E-state index contributed by atoms with van der Waals surface area (Å²) in [6.45, 7) is 3.70. The second-order valence-electron chi connectivity index (χ2n) is 2.72. The van der Waals surface area contributed by atoms with Crippen molar-refractivity contribution in [2.45, 2.75) is 19.8 Å². The standard InChI is InChI=1S/C9H9ClN2/c1-6(5-11)8-3-7(2)12-9(10)4-8/h3-4,6H,1-2H3. The Morgan fingerprint density at radius 3 is 2.75 bits per heavy atom. The molecule has 3 heteroatoms. The van der Waals surface area contributed by atoms with Gasteiger partial charge in [0.05, 0.1) is 12.0 Å². The van der Waals surface area contributed by atoms with Crippen molar-refractivity contribution >= 4 is 11.6 Å². The van der Waals surface area contributed by atoms with Crippen molar-refractivity contribution < 1.29 is 0 Å². The van der Waals surface area contributed by atoms with Gasteiger partial charge in [-0.15, -0.1) is 0 Å². The first kappa shape index (κ1) is 9.02. The Kier molecular flexibility index (Phi) is 2.67. The van der Waals surface area contributed by atoms with E-state index in [2.05, 4.69) is 11.1 Å². The predicted molar refractivity (Wildman–Crippen MR) is 48.0 cm³/mol. The van der Waals surface area contributed by atoms with Gasteiger partial charge in [0.25, 0.3) is 0 Å². The van der Waals surface area contributed by atoms with Gasteiger partial charge in [-0.05, 0) is 31.5 Å². The van der Waals surface area contributed by atoms with Crippen LogP contribution < -0.4 is 0 Å². The van der Waals surface area contributed by atoms with Gasteiger partial charge in [-0.3, -0.25) is 0 Å². The molecule has 1 rings (SSSR count). The van der Waals surface area contributed by atoms with Crippen LogP contribution in [0.3, 0.4) is 0 Å². The molecule has 1 atom stereocenters. The Bertz CT molecular complexity index is 308. The topological polar surface area (TPSA) is 36.7 Å². The van der Waals surface area contributed by atoms with Crippen LogP contribution in [0.2, 0.25) is 5.15 Å². The molecule has 0 fully saturated rings. The highest BCUT2D eigenvalue weighted by atomic mass is 35.5. The third kappa shape index (κ3) is 1.96. The van der Waals surface area contributed by atoms with E-state index in [4.69, 9.17) is 16.9 Å². The summed E-state index contributed by atoms with van der Waals surface area (Å²) in [5, 5.41) is 9.11. The van der Waals surface area contributed by atoms with Crippen molar-refractivity contribution in [3.8, 4) is 6.07 Å². The Morgan fingerprint density at radius 1 is 1.58 bits per heavy atom. The summed E-state index contributed by atoms with van der Waals surface area (Å²) < 4.78 is 0. The number of nitriles is 1. The first-order chi connectivity index (χ1) is 5.63. The molecule has 0 radical (unpaired) electrons. The van der Waals surface area contributed by atoms with Crippen LogP contribution in [-0.2, 0) is 0 Å². The molecule has 1 aromatic rings. The minimum atomic E-state index is -0.121. The highest BCUT2D eigenvalue weighted by Crippen LogP contribution is 2.18. The van der Waals surface area contributed by atoms with E-state index in [1.54, 1.807) is 6.07 Å². The predicted octanol–water partition coefficient (Wildman–Crippen LogP) is 2.67. The summed E-state index contributed by atoms with van der Waals surface area (Å²) >= 11 is 5.73. The zero-order valence-electron chi connectivity index (χ0n) is 7.00. The normalized spacial score (nSPS) is 12.2. The van der Waals surface area contributed by atoms with Crippen LogP contribution in [-0.4, -0.2) is 4.98 Å². The van der Waals surface area contributed by atoms with Gasteiger partial charge >= 0.3 is 0 Å². The molecule has 0 amide bonds. The zero-order chi connectivity index (χ0) is 9.14. The highest BCUT2D eigenvalue weighted by Gasteiger charge is 2.05. The first-order valence-electron chi connectivity index (χ1n) is 3.67. The number of hydrogen-bond donors (Lipinski definition) is 0. The van der Waals surface area contributed by atoms with Gasteiger partial charge in [0, 0.05) is 5.69 Å². The molecule has 0 aromatic carbocycles. The van der Waals surface area contributed by atoms with Crippen molar-refractivity contribution in [1.29, 1.82) is 5.26 Å². The summed E-state index contributed by atoms with van der Waals surface area (Å²) in [5.41, 5.74) is 1.77. The lowest BCUT2D eigenvalue weighted by Crippen LogP contribution is -1.92. The second-order valence-corrected chi connectivity index (χ2v) is 3.10. The third-order valence-electron chi connectivity index (χ3n) is 1.64. The Morgan fingerprint density at radius 2 is 2.25 bits per heavy atom.